The number of rotatable bonds is 3. The summed E-state index contributed by atoms with van der Waals surface area (Å²) in [5, 5.41) is 2.62. The SMILES string of the molecule is Cc1cccc(-c2ccc(C(=O)NC3CCS(=O)(=O)C3)c(=O)[nH]2)c1. The van der Waals surface area contributed by atoms with Gasteiger partial charge in [-0.15, -0.1) is 0 Å². The molecule has 1 aromatic heterocycles. The van der Waals surface area contributed by atoms with Crippen LogP contribution < -0.4 is 10.9 Å². The third kappa shape index (κ3) is 3.56. The molecule has 1 aliphatic heterocycles. The van der Waals surface area contributed by atoms with Crippen LogP contribution in [0.4, 0.5) is 0 Å². The van der Waals surface area contributed by atoms with Gasteiger partial charge in [-0.1, -0.05) is 23.8 Å². The lowest BCUT2D eigenvalue weighted by Gasteiger charge is -2.11. The molecule has 126 valence electrons. The molecule has 6 nitrogen and oxygen atoms in total. The molecular formula is C17H18N2O4S. The molecule has 0 spiro atoms. The molecule has 3 rings (SSSR count). The lowest BCUT2D eigenvalue weighted by Crippen LogP contribution is -2.38. The molecule has 24 heavy (non-hydrogen) atoms. The molecule has 0 saturated carbocycles. The monoisotopic (exact) mass is 346 g/mol. The maximum atomic E-state index is 12.2. The normalized spacial score (nSPS) is 19.1. The number of benzene rings is 1. The molecule has 1 saturated heterocycles. The Kier molecular flexibility index (Phi) is 4.28. The van der Waals surface area contributed by atoms with Crippen molar-refractivity contribution in [2.75, 3.05) is 11.5 Å². The Morgan fingerprint density at radius 2 is 2.04 bits per heavy atom. The summed E-state index contributed by atoms with van der Waals surface area (Å²) in [7, 11) is -3.08. The number of aromatic nitrogens is 1. The summed E-state index contributed by atoms with van der Waals surface area (Å²) < 4.78 is 22.9. The Balaban J connectivity index is 1.80. The lowest BCUT2D eigenvalue weighted by molar-refractivity contribution is 0.0939. The molecule has 0 radical (unpaired) electrons. The first kappa shape index (κ1) is 16.4. The van der Waals surface area contributed by atoms with Crippen LogP contribution in [0.2, 0.25) is 0 Å². The van der Waals surface area contributed by atoms with Crippen molar-refractivity contribution in [2.24, 2.45) is 0 Å². The Labute approximate surface area is 139 Å². The van der Waals surface area contributed by atoms with Gasteiger partial charge in [0.15, 0.2) is 9.84 Å². The Bertz CT molecular complexity index is 947. The molecular weight excluding hydrogens is 328 g/mol. The second kappa shape index (κ2) is 6.24. The number of hydrogen-bond acceptors (Lipinski definition) is 4. The van der Waals surface area contributed by atoms with E-state index in [-0.39, 0.29) is 17.1 Å². The Morgan fingerprint density at radius 3 is 2.67 bits per heavy atom. The molecule has 1 atom stereocenters. The van der Waals surface area contributed by atoms with Gasteiger partial charge in [-0.2, -0.15) is 0 Å². The molecule has 0 aliphatic carbocycles. The number of carbonyl (C=O) groups is 1. The van der Waals surface area contributed by atoms with E-state index in [4.69, 9.17) is 0 Å². The number of sulfone groups is 1. The van der Waals surface area contributed by atoms with Gasteiger partial charge in [0.2, 0.25) is 0 Å². The molecule has 2 aromatic rings. The predicted molar refractivity (Wildman–Crippen MR) is 91.8 cm³/mol. The summed E-state index contributed by atoms with van der Waals surface area (Å²) in [5.41, 5.74) is 2.05. The van der Waals surface area contributed by atoms with E-state index < -0.39 is 27.3 Å². The summed E-state index contributed by atoms with van der Waals surface area (Å²) in [4.78, 5) is 27.1. The highest BCUT2D eigenvalue weighted by Gasteiger charge is 2.29. The van der Waals surface area contributed by atoms with Crippen LogP contribution in [0.1, 0.15) is 22.3 Å². The standard InChI is InChI=1S/C17H18N2O4S/c1-11-3-2-4-12(9-11)15-6-5-14(17(21)19-15)16(20)18-13-7-8-24(22,23)10-13/h2-6,9,13H,7-8,10H2,1H3,(H,18,20)(H,19,21). The van der Waals surface area contributed by atoms with Gasteiger partial charge in [-0.25, -0.2) is 8.42 Å². The number of H-pyrrole nitrogens is 1. The van der Waals surface area contributed by atoms with E-state index >= 15 is 0 Å². The van der Waals surface area contributed by atoms with Crippen LogP contribution >= 0.6 is 0 Å². The minimum atomic E-state index is -3.08. The van der Waals surface area contributed by atoms with Crippen LogP contribution in [0.15, 0.2) is 41.2 Å². The first-order valence-corrected chi connectivity index (χ1v) is 9.48. The van der Waals surface area contributed by atoms with E-state index in [0.717, 1.165) is 11.1 Å². The number of hydrogen-bond donors (Lipinski definition) is 2. The fraction of sp³-hybridized carbons (Fsp3) is 0.294. The van der Waals surface area contributed by atoms with Crippen LogP contribution in [0.5, 0.6) is 0 Å². The molecule has 2 N–H and O–H groups in total. The van der Waals surface area contributed by atoms with Crippen LogP contribution in [-0.2, 0) is 9.84 Å². The number of amides is 1. The first-order valence-electron chi connectivity index (χ1n) is 7.66. The topological polar surface area (TPSA) is 96.1 Å². The highest BCUT2D eigenvalue weighted by molar-refractivity contribution is 7.91. The third-order valence-electron chi connectivity index (χ3n) is 4.05. The lowest BCUT2D eigenvalue weighted by atomic mass is 10.1. The molecule has 1 amide bonds. The summed E-state index contributed by atoms with van der Waals surface area (Å²) in [6, 6.07) is 10.4. The maximum absolute atomic E-state index is 12.2. The van der Waals surface area contributed by atoms with Gasteiger partial charge in [-0.05, 0) is 37.1 Å². The fourth-order valence-corrected chi connectivity index (χ4v) is 4.48. The largest absolute Gasteiger partial charge is 0.348 e. The number of nitrogens with one attached hydrogen (secondary N) is 2. The van der Waals surface area contributed by atoms with Crippen LogP contribution in [0, 0.1) is 6.92 Å². The summed E-state index contributed by atoms with van der Waals surface area (Å²) in [6.45, 7) is 1.96. The highest BCUT2D eigenvalue weighted by atomic mass is 32.2. The smallest absolute Gasteiger partial charge is 0.261 e. The van der Waals surface area contributed by atoms with Gasteiger partial charge >= 0.3 is 0 Å². The summed E-state index contributed by atoms with van der Waals surface area (Å²) in [6.07, 6.45) is 0.382. The van der Waals surface area contributed by atoms with Crippen molar-refractivity contribution in [3.05, 3.63) is 57.9 Å². The van der Waals surface area contributed by atoms with Crippen LogP contribution in [-0.4, -0.2) is 36.9 Å². The first-order chi connectivity index (χ1) is 11.3. The number of pyridine rings is 1. The van der Waals surface area contributed by atoms with Crippen molar-refractivity contribution in [3.63, 3.8) is 0 Å². The minimum absolute atomic E-state index is 0.0179. The summed E-state index contributed by atoms with van der Waals surface area (Å²) >= 11 is 0. The van der Waals surface area contributed by atoms with Gasteiger partial charge in [0, 0.05) is 11.7 Å². The summed E-state index contributed by atoms with van der Waals surface area (Å²) in [5.74, 6) is -0.548. The molecule has 1 aliphatic rings. The zero-order chi connectivity index (χ0) is 17.3. The van der Waals surface area contributed by atoms with Crippen molar-refractivity contribution < 1.29 is 13.2 Å². The van der Waals surface area contributed by atoms with E-state index in [1.807, 2.05) is 31.2 Å². The number of aryl methyl sites for hydroxylation is 1. The van der Waals surface area contributed by atoms with Gasteiger partial charge in [0.25, 0.3) is 11.5 Å². The van der Waals surface area contributed by atoms with Crippen LogP contribution in [0.25, 0.3) is 11.3 Å². The molecule has 1 unspecified atom stereocenters. The van der Waals surface area contributed by atoms with Crippen molar-refractivity contribution in [2.45, 2.75) is 19.4 Å². The fourth-order valence-electron chi connectivity index (χ4n) is 2.81. The Hall–Kier alpha value is -2.41. The Morgan fingerprint density at radius 1 is 1.25 bits per heavy atom. The van der Waals surface area contributed by atoms with Gasteiger partial charge in [0.05, 0.1) is 11.5 Å². The van der Waals surface area contributed by atoms with Gasteiger partial charge in [0.1, 0.15) is 5.56 Å². The van der Waals surface area contributed by atoms with E-state index in [9.17, 15) is 18.0 Å². The van der Waals surface area contributed by atoms with Gasteiger partial charge in [-0.3, -0.25) is 9.59 Å². The molecule has 2 heterocycles. The van der Waals surface area contributed by atoms with Gasteiger partial charge < -0.3 is 10.3 Å². The second-order valence-corrected chi connectivity index (χ2v) is 8.29. The van der Waals surface area contributed by atoms with E-state index in [1.54, 1.807) is 6.07 Å². The molecule has 1 aromatic carbocycles. The molecule has 7 heteroatoms. The van der Waals surface area contributed by atoms with Crippen molar-refractivity contribution in [1.82, 2.24) is 10.3 Å². The minimum Gasteiger partial charge on any atom is -0.348 e. The second-order valence-electron chi connectivity index (χ2n) is 6.06. The zero-order valence-corrected chi connectivity index (χ0v) is 14.0. The van der Waals surface area contributed by atoms with Crippen molar-refractivity contribution in [3.8, 4) is 11.3 Å². The zero-order valence-electron chi connectivity index (χ0n) is 13.2. The quantitative estimate of drug-likeness (QED) is 0.875. The molecule has 1 fully saturated rings. The third-order valence-corrected chi connectivity index (χ3v) is 5.82. The predicted octanol–water partition coefficient (Wildman–Crippen LogP) is 1.27. The average molecular weight is 346 g/mol. The van der Waals surface area contributed by atoms with Crippen molar-refractivity contribution >= 4 is 15.7 Å². The van der Waals surface area contributed by atoms with E-state index in [2.05, 4.69) is 10.3 Å². The van der Waals surface area contributed by atoms with Crippen molar-refractivity contribution in [1.29, 1.82) is 0 Å². The average Bonchev–Trinajstić information content (AvgIpc) is 2.85. The number of aromatic amines is 1. The molecule has 0 bridgehead atoms. The number of carbonyl (C=O) groups excluding carboxylic acids is 1. The van der Waals surface area contributed by atoms with Crippen LogP contribution in [0.3, 0.4) is 0 Å². The highest BCUT2D eigenvalue weighted by Crippen LogP contribution is 2.17. The maximum Gasteiger partial charge on any atom is 0.261 e. The van der Waals surface area contributed by atoms with E-state index in [0.29, 0.717) is 12.1 Å². The van der Waals surface area contributed by atoms with E-state index in [1.165, 1.54) is 6.07 Å².